The first kappa shape index (κ1) is 8.82. The Morgan fingerprint density at radius 1 is 1.43 bits per heavy atom. The van der Waals surface area contributed by atoms with Crippen LogP contribution in [0, 0.1) is 4.64 Å². The summed E-state index contributed by atoms with van der Waals surface area (Å²) in [7, 11) is 1.54. The molecular formula is C7H7N5OS. The molecule has 0 fully saturated rings. The Morgan fingerprint density at radius 2 is 2.29 bits per heavy atom. The molecule has 0 aliphatic rings. The predicted molar refractivity (Wildman–Crippen MR) is 51.4 cm³/mol. The highest BCUT2D eigenvalue weighted by Gasteiger charge is 2.04. The minimum Gasteiger partial charge on any atom is -0.492 e. The van der Waals surface area contributed by atoms with Crippen LogP contribution in [0.25, 0.3) is 11.5 Å². The van der Waals surface area contributed by atoms with Crippen molar-refractivity contribution in [1.82, 2.24) is 25.4 Å². The third-order valence-corrected chi connectivity index (χ3v) is 1.95. The van der Waals surface area contributed by atoms with Crippen LogP contribution in [-0.2, 0) is 0 Å². The quantitative estimate of drug-likeness (QED) is 0.719. The highest BCUT2D eigenvalue weighted by Crippen LogP contribution is 2.14. The summed E-state index contributed by atoms with van der Waals surface area (Å²) in [6, 6.07) is 0. The molecule has 2 rings (SSSR count). The van der Waals surface area contributed by atoms with Crippen LogP contribution in [0.2, 0.25) is 0 Å². The van der Waals surface area contributed by atoms with Gasteiger partial charge in [0.1, 0.15) is 10.3 Å². The molecule has 7 heteroatoms. The maximum atomic E-state index is 5.03. The fourth-order valence-corrected chi connectivity index (χ4v) is 1.21. The Morgan fingerprint density at radius 3 is 2.86 bits per heavy atom. The van der Waals surface area contributed by atoms with E-state index in [0.29, 0.717) is 21.9 Å². The van der Waals surface area contributed by atoms with Gasteiger partial charge in [-0.1, -0.05) is 12.2 Å². The number of aromatic nitrogens is 5. The molecule has 0 spiro atoms. The topological polar surface area (TPSA) is 79.5 Å². The SMILES string of the molecule is COc1cnc(-c2cn[nH]n2)[nH]c1=S. The third-order valence-electron chi connectivity index (χ3n) is 1.64. The van der Waals surface area contributed by atoms with Crippen molar-refractivity contribution in [3.05, 3.63) is 17.0 Å². The van der Waals surface area contributed by atoms with E-state index in [9.17, 15) is 0 Å². The zero-order valence-corrected chi connectivity index (χ0v) is 8.13. The van der Waals surface area contributed by atoms with E-state index in [-0.39, 0.29) is 0 Å². The molecule has 0 atom stereocenters. The zero-order valence-electron chi connectivity index (χ0n) is 7.31. The Labute approximate surface area is 84.4 Å². The summed E-state index contributed by atoms with van der Waals surface area (Å²) < 4.78 is 5.46. The minimum atomic E-state index is 0.487. The zero-order chi connectivity index (χ0) is 9.97. The number of rotatable bonds is 2. The van der Waals surface area contributed by atoms with E-state index in [0.717, 1.165) is 0 Å². The van der Waals surface area contributed by atoms with Gasteiger partial charge in [-0.05, 0) is 0 Å². The van der Waals surface area contributed by atoms with Crippen molar-refractivity contribution < 1.29 is 4.74 Å². The van der Waals surface area contributed by atoms with Crippen LogP contribution < -0.4 is 4.74 Å². The highest BCUT2D eigenvalue weighted by atomic mass is 32.1. The molecule has 0 bridgehead atoms. The Bertz CT molecular complexity index is 477. The van der Waals surface area contributed by atoms with Gasteiger partial charge in [0.25, 0.3) is 0 Å². The van der Waals surface area contributed by atoms with Crippen molar-refractivity contribution in [3.63, 3.8) is 0 Å². The number of methoxy groups -OCH3 is 1. The molecule has 2 N–H and O–H groups in total. The average Bonchev–Trinajstić information content (AvgIpc) is 2.70. The summed E-state index contributed by atoms with van der Waals surface area (Å²) in [5.74, 6) is 1.09. The lowest BCUT2D eigenvalue weighted by Crippen LogP contribution is -1.93. The molecule has 0 unspecified atom stereocenters. The molecule has 72 valence electrons. The maximum Gasteiger partial charge on any atom is 0.171 e. The van der Waals surface area contributed by atoms with Crippen LogP contribution >= 0.6 is 12.2 Å². The van der Waals surface area contributed by atoms with Gasteiger partial charge in [0.2, 0.25) is 0 Å². The van der Waals surface area contributed by atoms with Crippen molar-refractivity contribution in [2.45, 2.75) is 0 Å². The van der Waals surface area contributed by atoms with Gasteiger partial charge in [-0.15, -0.1) is 0 Å². The van der Waals surface area contributed by atoms with E-state index in [2.05, 4.69) is 25.4 Å². The van der Waals surface area contributed by atoms with E-state index >= 15 is 0 Å². The average molecular weight is 209 g/mol. The first-order valence-corrected chi connectivity index (χ1v) is 4.21. The highest BCUT2D eigenvalue weighted by molar-refractivity contribution is 7.71. The summed E-state index contributed by atoms with van der Waals surface area (Å²) in [5, 5.41) is 10.0. The smallest absolute Gasteiger partial charge is 0.171 e. The maximum absolute atomic E-state index is 5.03. The summed E-state index contributed by atoms with van der Waals surface area (Å²) in [4.78, 5) is 6.97. The van der Waals surface area contributed by atoms with Crippen molar-refractivity contribution >= 4 is 12.2 Å². The second-order valence-electron chi connectivity index (χ2n) is 2.48. The summed E-state index contributed by atoms with van der Waals surface area (Å²) in [6.45, 7) is 0. The van der Waals surface area contributed by atoms with Crippen LogP contribution in [-0.4, -0.2) is 32.5 Å². The lowest BCUT2D eigenvalue weighted by atomic mass is 10.4. The number of ether oxygens (including phenoxy) is 1. The first-order valence-electron chi connectivity index (χ1n) is 3.80. The van der Waals surface area contributed by atoms with Crippen molar-refractivity contribution in [2.75, 3.05) is 7.11 Å². The molecule has 0 aromatic carbocycles. The number of nitrogens with zero attached hydrogens (tertiary/aromatic N) is 3. The second kappa shape index (κ2) is 3.54. The van der Waals surface area contributed by atoms with Crippen molar-refractivity contribution in [1.29, 1.82) is 0 Å². The van der Waals surface area contributed by atoms with Gasteiger partial charge in [0.15, 0.2) is 11.6 Å². The fraction of sp³-hybridized carbons (Fsp3) is 0.143. The number of hydrogen-bond acceptors (Lipinski definition) is 5. The Kier molecular flexibility index (Phi) is 2.23. The molecule has 0 saturated carbocycles. The van der Waals surface area contributed by atoms with Gasteiger partial charge in [-0.25, -0.2) is 4.98 Å². The Hall–Kier alpha value is -1.76. The van der Waals surface area contributed by atoms with Crippen LogP contribution in [0.1, 0.15) is 0 Å². The number of aromatic amines is 2. The first-order chi connectivity index (χ1) is 6.81. The molecule has 0 radical (unpaired) electrons. The number of H-pyrrole nitrogens is 2. The molecule has 0 saturated heterocycles. The van der Waals surface area contributed by atoms with Gasteiger partial charge >= 0.3 is 0 Å². The monoisotopic (exact) mass is 209 g/mol. The van der Waals surface area contributed by atoms with Gasteiger partial charge in [-0.2, -0.15) is 15.4 Å². The summed E-state index contributed by atoms with van der Waals surface area (Å²) in [5.41, 5.74) is 0.610. The van der Waals surface area contributed by atoms with Crippen molar-refractivity contribution in [3.8, 4) is 17.3 Å². The van der Waals surface area contributed by atoms with Crippen molar-refractivity contribution in [2.24, 2.45) is 0 Å². The fourth-order valence-electron chi connectivity index (χ4n) is 0.974. The lowest BCUT2D eigenvalue weighted by Gasteiger charge is -2.00. The normalized spacial score (nSPS) is 10.1. The molecule has 2 aromatic rings. The lowest BCUT2D eigenvalue weighted by molar-refractivity contribution is 0.409. The van der Waals surface area contributed by atoms with Gasteiger partial charge in [0.05, 0.1) is 19.5 Å². The van der Waals surface area contributed by atoms with E-state index < -0.39 is 0 Å². The molecule has 2 heterocycles. The number of hydrogen-bond donors (Lipinski definition) is 2. The number of nitrogens with one attached hydrogen (secondary N) is 2. The van der Waals surface area contributed by atoms with Crippen LogP contribution in [0.15, 0.2) is 12.4 Å². The molecule has 2 aromatic heterocycles. The van der Waals surface area contributed by atoms with E-state index in [1.54, 1.807) is 12.4 Å². The van der Waals surface area contributed by atoms with Crippen LogP contribution in [0.5, 0.6) is 5.75 Å². The molecule has 14 heavy (non-hydrogen) atoms. The van der Waals surface area contributed by atoms with Crippen LogP contribution in [0.4, 0.5) is 0 Å². The van der Waals surface area contributed by atoms with Gasteiger partial charge in [-0.3, -0.25) is 0 Å². The van der Waals surface area contributed by atoms with Gasteiger partial charge < -0.3 is 9.72 Å². The molecule has 0 aliphatic heterocycles. The van der Waals surface area contributed by atoms with E-state index in [1.807, 2.05) is 0 Å². The second-order valence-corrected chi connectivity index (χ2v) is 2.89. The third kappa shape index (κ3) is 1.49. The molecular weight excluding hydrogens is 202 g/mol. The van der Waals surface area contributed by atoms with E-state index in [4.69, 9.17) is 17.0 Å². The van der Waals surface area contributed by atoms with Crippen LogP contribution in [0.3, 0.4) is 0 Å². The summed E-state index contributed by atoms with van der Waals surface area (Å²) >= 11 is 5.03. The van der Waals surface area contributed by atoms with Gasteiger partial charge in [0, 0.05) is 0 Å². The summed E-state index contributed by atoms with van der Waals surface area (Å²) in [6.07, 6.45) is 3.10. The standard InChI is InChI=1S/C7H7N5OS/c1-13-5-3-8-6(10-7(5)14)4-2-9-12-11-4/h2-3H,1H3,(H,8,10,14)(H,9,11,12). The molecule has 6 nitrogen and oxygen atoms in total. The predicted octanol–water partition coefficient (Wildman–Crippen LogP) is 0.933. The largest absolute Gasteiger partial charge is 0.492 e. The minimum absolute atomic E-state index is 0.487. The van der Waals surface area contributed by atoms with E-state index in [1.165, 1.54) is 7.11 Å². The molecule has 0 amide bonds. The Balaban J connectivity index is 2.48. The molecule has 0 aliphatic carbocycles.